The summed E-state index contributed by atoms with van der Waals surface area (Å²) in [6, 6.07) is 16.6. The Morgan fingerprint density at radius 2 is 1.61 bits per heavy atom. The Morgan fingerprint density at radius 3 is 2.21 bits per heavy atom. The van der Waals surface area contributed by atoms with Crippen LogP contribution in [0.4, 0.5) is 13.2 Å². The van der Waals surface area contributed by atoms with E-state index < -0.39 is 11.7 Å². The zero-order valence-electron chi connectivity index (χ0n) is 15.2. The Morgan fingerprint density at radius 1 is 0.929 bits per heavy atom. The van der Waals surface area contributed by atoms with Gasteiger partial charge in [-0.2, -0.15) is 18.3 Å². The molecule has 0 aliphatic rings. The first kappa shape index (κ1) is 18.0. The lowest BCUT2D eigenvalue weighted by Gasteiger charge is -2.12. The van der Waals surface area contributed by atoms with E-state index in [1.165, 1.54) is 11.8 Å². The van der Waals surface area contributed by atoms with Crippen molar-refractivity contribution in [2.45, 2.75) is 6.18 Å². The number of halogens is 3. The number of aryl methyl sites for hydroxylation is 1. The van der Waals surface area contributed by atoms with E-state index in [1.54, 1.807) is 61.6 Å². The maximum absolute atomic E-state index is 14.0. The van der Waals surface area contributed by atoms with E-state index in [0.717, 1.165) is 6.07 Å². The van der Waals surface area contributed by atoms with Crippen molar-refractivity contribution in [3.63, 3.8) is 0 Å². The first-order chi connectivity index (χ1) is 13.4. The first-order valence-corrected chi connectivity index (χ1v) is 8.53. The summed E-state index contributed by atoms with van der Waals surface area (Å²) in [5.74, 6) is 0.618. The molecule has 28 heavy (non-hydrogen) atoms. The van der Waals surface area contributed by atoms with Crippen LogP contribution in [0, 0.1) is 0 Å². The van der Waals surface area contributed by atoms with E-state index in [0.29, 0.717) is 16.9 Å². The SMILES string of the molecule is COc1ccc(-c2cc(C(F)(F)F)c3c(-c4ccccc4)nn(C)c3n2)cc1. The van der Waals surface area contributed by atoms with Crippen LogP contribution in [0.1, 0.15) is 5.56 Å². The Hall–Kier alpha value is -3.35. The molecule has 2 aromatic heterocycles. The predicted molar refractivity (Wildman–Crippen MR) is 101 cm³/mol. The number of nitrogens with zero attached hydrogens (tertiary/aromatic N) is 3. The molecule has 0 aliphatic heterocycles. The van der Waals surface area contributed by atoms with Gasteiger partial charge in [-0.15, -0.1) is 0 Å². The number of hydrogen-bond donors (Lipinski definition) is 0. The van der Waals surface area contributed by atoms with Gasteiger partial charge in [0.1, 0.15) is 11.4 Å². The van der Waals surface area contributed by atoms with Crippen molar-refractivity contribution in [2.24, 2.45) is 7.05 Å². The molecule has 7 heteroatoms. The van der Waals surface area contributed by atoms with Crippen molar-refractivity contribution in [3.8, 4) is 28.3 Å². The first-order valence-electron chi connectivity index (χ1n) is 8.53. The zero-order chi connectivity index (χ0) is 19.9. The van der Waals surface area contributed by atoms with Crippen LogP contribution in [-0.2, 0) is 13.2 Å². The lowest BCUT2D eigenvalue weighted by Crippen LogP contribution is -2.07. The Bertz CT molecular complexity index is 1130. The van der Waals surface area contributed by atoms with Crippen molar-refractivity contribution in [1.29, 1.82) is 0 Å². The second-order valence-electron chi connectivity index (χ2n) is 6.32. The molecule has 0 N–H and O–H groups in total. The topological polar surface area (TPSA) is 39.9 Å². The van der Waals surface area contributed by atoms with Gasteiger partial charge in [0.25, 0.3) is 0 Å². The van der Waals surface area contributed by atoms with Crippen LogP contribution in [0.15, 0.2) is 60.7 Å². The fraction of sp³-hybridized carbons (Fsp3) is 0.143. The number of pyridine rings is 1. The zero-order valence-corrected chi connectivity index (χ0v) is 15.2. The van der Waals surface area contributed by atoms with Gasteiger partial charge in [0.15, 0.2) is 5.65 Å². The normalized spacial score (nSPS) is 11.8. The smallest absolute Gasteiger partial charge is 0.417 e. The summed E-state index contributed by atoms with van der Waals surface area (Å²) in [4.78, 5) is 4.48. The number of aromatic nitrogens is 3. The quantitative estimate of drug-likeness (QED) is 0.480. The highest BCUT2D eigenvalue weighted by atomic mass is 19.4. The standard InChI is InChI=1S/C21H16F3N3O/c1-27-20-18(19(26-27)14-6-4-3-5-7-14)16(21(22,23)24)12-17(25-20)13-8-10-15(28-2)11-9-13/h3-12H,1-2H3. The molecule has 0 saturated heterocycles. The van der Waals surface area contributed by atoms with Crippen molar-refractivity contribution < 1.29 is 17.9 Å². The molecule has 0 fully saturated rings. The molecule has 4 rings (SSSR count). The number of benzene rings is 2. The second kappa shape index (κ2) is 6.67. The molecule has 0 radical (unpaired) electrons. The fourth-order valence-electron chi connectivity index (χ4n) is 3.18. The Labute approximate surface area is 159 Å². The van der Waals surface area contributed by atoms with E-state index in [2.05, 4.69) is 10.1 Å². The third kappa shape index (κ3) is 3.09. The van der Waals surface area contributed by atoms with Gasteiger partial charge in [0.2, 0.25) is 0 Å². The number of rotatable bonds is 3. The average Bonchev–Trinajstić information content (AvgIpc) is 3.04. The van der Waals surface area contributed by atoms with E-state index in [4.69, 9.17) is 4.74 Å². The Balaban J connectivity index is 2.00. The summed E-state index contributed by atoms with van der Waals surface area (Å²) in [6.07, 6.45) is -4.55. The predicted octanol–water partition coefficient (Wildman–Crippen LogP) is 5.33. The van der Waals surface area contributed by atoms with Crippen LogP contribution >= 0.6 is 0 Å². The third-order valence-electron chi connectivity index (χ3n) is 4.53. The minimum absolute atomic E-state index is 0.00142. The molecule has 0 amide bonds. The summed E-state index contributed by atoms with van der Waals surface area (Å²) < 4.78 is 48.4. The third-order valence-corrected chi connectivity index (χ3v) is 4.53. The average molecular weight is 383 g/mol. The van der Waals surface area contributed by atoms with Crippen LogP contribution in [0.5, 0.6) is 5.75 Å². The highest BCUT2D eigenvalue weighted by Gasteiger charge is 2.36. The maximum atomic E-state index is 14.0. The van der Waals surface area contributed by atoms with Gasteiger partial charge >= 0.3 is 6.18 Å². The monoisotopic (exact) mass is 383 g/mol. The molecule has 0 unspecified atom stereocenters. The van der Waals surface area contributed by atoms with Gasteiger partial charge in [-0.25, -0.2) is 9.67 Å². The molecule has 2 aromatic carbocycles. The summed E-state index contributed by atoms with van der Waals surface area (Å²) in [6.45, 7) is 0. The van der Waals surface area contributed by atoms with Crippen LogP contribution in [0.3, 0.4) is 0 Å². The fourth-order valence-corrected chi connectivity index (χ4v) is 3.18. The van der Waals surface area contributed by atoms with Gasteiger partial charge in [-0.3, -0.25) is 0 Å². The van der Waals surface area contributed by atoms with Crippen molar-refractivity contribution in [2.75, 3.05) is 7.11 Å². The second-order valence-corrected chi connectivity index (χ2v) is 6.32. The number of ether oxygens (including phenoxy) is 1. The molecule has 2 heterocycles. The number of alkyl halides is 3. The molecule has 0 saturated carbocycles. The summed E-state index contributed by atoms with van der Waals surface area (Å²) in [7, 11) is 3.13. The minimum atomic E-state index is -4.55. The van der Waals surface area contributed by atoms with Gasteiger partial charge in [-0.05, 0) is 30.3 Å². The van der Waals surface area contributed by atoms with Gasteiger partial charge in [0, 0.05) is 18.2 Å². The van der Waals surface area contributed by atoms with Gasteiger partial charge < -0.3 is 4.74 Å². The molecule has 142 valence electrons. The number of methoxy groups -OCH3 is 1. The molecular weight excluding hydrogens is 367 g/mol. The molecular formula is C21H16F3N3O. The molecule has 4 aromatic rings. The summed E-state index contributed by atoms with van der Waals surface area (Å²) in [5, 5.41) is 4.33. The Kier molecular flexibility index (Phi) is 4.30. The lowest BCUT2D eigenvalue weighted by atomic mass is 10.0. The van der Waals surface area contributed by atoms with E-state index in [-0.39, 0.29) is 22.4 Å². The van der Waals surface area contributed by atoms with Gasteiger partial charge in [0.05, 0.1) is 23.8 Å². The summed E-state index contributed by atoms with van der Waals surface area (Å²) in [5.41, 5.74) is 1.09. The summed E-state index contributed by atoms with van der Waals surface area (Å²) >= 11 is 0. The molecule has 0 spiro atoms. The van der Waals surface area contributed by atoms with Crippen molar-refractivity contribution in [1.82, 2.24) is 14.8 Å². The highest BCUT2D eigenvalue weighted by Crippen LogP contribution is 2.40. The van der Waals surface area contributed by atoms with Crippen molar-refractivity contribution >= 4 is 11.0 Å². The minimum Gasteiger partial charge on any atom is -0.497 e. The maximum Gasteiger partial charge on any atom is 0.417 e. The lowest BCUT2D eigenvalue weighted by molar-refractivity contribution is -0.136. The number of hydrogen-bond acceptors (Lipinski definition) is 3. The van der Waals surface area contributed by atoms with Crippen LogP contribution < -0.4 is 4.74 Å². The van der Waals surface area contributed by atoms with E-state index in [1.807, 2.05) is 0 Å². The van der Waals surface area contributed by atoms with Crippen molar-refractivity contribution in [3.05, 3.63) is 66.2 Å². The van der Waals surface area contributed by atoms with Crippen LogP contribution in [0.2, 0.25) is 0 Å². The van der Waals surface area contributed by atoms with E-state index in [9.17, 15) is 13.2 Å². The molecule has 0 bridgehead atoms. The molecule has 4 nitrogen and oxygen atoms in total. The largest absolute Gasteiger partial charge is 0.497 e. The van der Waals surface area contributed by atoms with E-state index >= 15 is 0 Å². The van der Waals surface area contributed by atoms with Crippen LogP contribution in [0.25, 0.3) is 33.5 Å². The number of fused-ring (bicyclic) bond motifs is 1. The molecule has 0 atom stereocenters. The highest BCUT2D eigenvalue weighted by molar-refractivity contribution is 5.95. The van der Waals surface area contributed by atoms with Crippen LogP contribution in [-0.4, -0.2) is 21.9 Å². The van der Waals surface area contributed by atoms with Gasteiger partial charge in [-0.1, -0.05) is 30.3 Å². The molecule has 0 aliphatic carbocycles.